The van der Waals surface area contributed by atoms with E-state index in [1.807, 2.05) is 31.2 Å². The smallest absolute Gasteiger partial charge is 0.395 e. The normalized spacial score (nSPS) is 17.0. The fraction of sp³-hybridized carbons (Fsp3) is 0.269. The highest BCUT2D eigenvalue weighted by Gasteiger charge is 2.52. The first-order valence-corrected chi connectivity index (χ1v) is 10.7. The number of aryl methyl sites for hydroxylation is 1. The van der Waals surface area contributed by atoms with Crippen LogP contribution in [0, 0.1) is 6.92 Å². The van der Waals surface area contributed by atoms with Gasteiger partial charge in [-0.25, -0.2) is 0 Å². The molecule has 1 fully saturated rings. The highest BCUT2D eigenvalue weighted by molar-refractivity contribution is 5.96. The van der Waals surface area contributed by atoms with Crippen molar-refractivity contribution in [2.24, 2.45) is 0 Å². The summed E-state index contributed by atoms with van der Waals surface area (Å²) in [6.07, 6.45) is -2.29. The lowest BCUT2D eigenvalue weighted by Crippen LogP contribution is -2.26. The molecule has 1 aliphatic heterocycles. The van der Waals surface area contributed by atoms with Gasteiger partial charge in [-0.15, -0.1) is 8.78 Å². The summed E-state index contributed by atoms with van der Waals surface area (Å²) in [6, 6.07) is 15.6. The highest BCUT2D eigenvalue weighted by Crippen LogP contribution is 2.52. The summed E-state index contributed by atoms with van der Waals surface area (Å²) >= 11 is 0. The largest absolute Gasteiger partial charge is 0.586 e. The molecule has 2 aromatic carbocycles. The van der Waals surface area contributed by atoms with Crippen molar-refractivity contribution in [3.8, 4) is 22.8 Å². The predicted octanol–water partition coefficient (Wildman–Crippen LogP) is 5.42. The predicted molar refractivity (Wildman–Crippen MR) is 117 cm³/mol. The van der Waals surface area contributed by atoms with Crippen molar-refractivity contribution in [3.63, 3.8) is 0 Å². The van der Waals surface area contributed by atoms with Crippen LogP contribution in [0.25, 0.3) is 11.3 Å². The molecule has 3 aromatic rings. The van der Waals surface area contributed by atoms with Crippen LogP contribution in [0.15, 0.2) is 54.6 Å². The molecule has 7 heteroatoms. The molecule has 0 atom stereocenters. The average Bonchev–Trinajstić information content (AvgIpc) is 3.50. The van der Waals surface area contributed by atoms with Crippen molar-refractivity contribution in [1.82, 2.24) is 4.98 Å². The van der Waals surface area contributed by atoms with Crippen LogP contribution in [0.2, 0.25) is 0 Å². The van der Waals surface area contributed by atoms with Crippen molar-refractivity contribution in [1.29, 1.82) is 0 Å². The van der Waals surface area contributed by atoms with Crippen LogP contribution >= 0.6 is 0 Å². The van der Waals surface area contributed by atoms with Crippen molar-refractivity contribution in [2.75, 3.05) is 0 Å². The highest BCUT2D eigenvalue weighted by atomic mass is 19.3. The van der Waals surface area contributed by atoms with Gasteiger partial charge in [-0.05, 0) is 80.3 Å². The van der Waals surface area contributed by atoms with Gasteiger partial charge < -0.3 is 9.47 Å². The molecule has 1 aromatic heterocycles. The van der Waals surface area contributed by atoms with E-state index in [2.05, 4.69) is 14.5 Å². The lowest BCUT2D eigenvalue weighted by atomic mass is 9.88. The van der Waals surface area contributed by atoms with Crippen molar-refractivity contribution in [3.05, 3.63) is 77.0 Å². The Morgan fingerprint density at radius 2 is 1.76 bits per heavy atom. The van der Waals surface area contributed by atoms with Gasteiger partial charge >= 0.3 is 6.29 Å². The number of carbonyl (C=O) groups excluding carboxylic acids is 2. The van der Waals surface area contributed by atoms with Gasteiger partial charge in [0.15, 0.2) is 17.3 Å². The summed E-state index contributed by atoms with van der Waals surface area (Å²) in [7, 11) is 0. The molecule has 0 saturated heterocycles. The lowest BCUT2D eigenvalue weighted by molar-refractivity contribution is -0.286. The number of Topliss-reactive ketones (excluding diaryl/α,β-unsaturated/α-hetero) is 2. The number of pyridine rings is 1. The number of aromatic nitrogens is 1. The summed E-state index contributed by atoms with van der Waals surface area (Å²) < 4.78 is 35.7. The summed E-state index contributed by atoms with van der Waals surface area (Å²) in [5, 5.41) is 0. The third kappa shape index (κ3) is 3.99. The first-order chi connectivity index (χ1) is 15.6. The second-order valence-electron chi connectivity index (χ2n) is 8.67. The van der Waals surface area contributed by atoms with Crippen LogP contribution in [-0.4, -0.2) is 22.8 Å². The Morgan fingerprint density at radius 1 is 1.00 bits per heavy atom. The summed E-state index contributed by atoms with van der Waals surface area (Å²) in [6.45, 7) is 3.44. The summed E-state index contributed by atoms with van der Waals surface area (Å²) in [5.41, 5.74) is 3.59. The first kappa shape index (κ1) is 21.2. The Labute approximate surface area is 189 Å². The SMILES string of the molecule is CC(=O)c1cc(C)cc(-c2cccc(CC(=O)C3(c4ccc5c(c4)OC(F)(F)O5)CC3)n2)c1. The summed E-state index contributed by atoms with van der Waals surface area (Å²) in [4.78, 5) is 29.8. The van der Waals surface area contributed by atoms with Crippen LogP contribution < -0.4 is 9.47 Å². The molecule has 168 valence electrons. The number of hydrogen-bond donors (Lipinski definition) is 0. The maximum atomic E-state index is 13.4. The number of benzene rings is 2. The van der Waals surface area contributed by atoms with E-state index in [0.717, 1.165) is 11.1 Å². The van der Waals surface area contributed by atoms with E-state index < -0.39 is 11.7 Å². The van der Waals surface area contributed by atoms with E-state index in [4.69, 9.17) is 0 Å². The molecule has 0 radical (unpaired) electrons. The molecule has 33 heavy (non-hydrogen) atoms. The van der Waals surface area contributed by atoms with E-state index in [9.17, 15) is 18.4 Å². The van der Waals surface area contributed by atoms with Gasteiger partial charge in [-0.3, -0.25) is 14.6 Å². The number of ether oxygens (including phenoxy) is 2. The number of fused-ring (bicyclic) bond motifs is 1. The Kier molecular flexibility index (Phi) is 4.81. The molecule has 0 unspecified atom stereocenters. The maximum Gasteiger partial charge on any atom is 0.586 e. The minimum atomic E-state index is -3.69. The van der Waals surface area contributed by atoms with E-state index in [-0.39, 0.29) is 29.5 Å². The summed E-state index contributed by atoms with van der Waals surface area (Å²) in [5.74, 6) is -0.142. The Hall–Kier alpha value is -3.61. The van der Waals surface area contributed by atoms with Gasteiger partial charge in [-0.2, -0.15) is 0 Å². The number of rotatable bonds is 6. The maximum absolute atomic E-state index is 13.4. The second-order valence-corrected chi connectivity index (χ2v) is 8.67. The number of hydrogen-bond acceptors (Lipinski definition) is 5. The van der Waals surface area contributed by atoms with Gasteiger partial charge in [0, 0.05) is 23.2 Å². The van der Waals surface area contributed by atoms with Crippen LogP contribution in [0.4, 0.5) is 8.78 Å². The third-order valence-electron chi connectivity index (χ3n) is 6.17. The Bertz CT molecular complexity index is 1300. The second kappa shape index (κ2) is 7.47. The third-order valence-corrected chi connectivity index (χ3v) is 6.17. The van der Waals surface area contributed by atoms with Gasteiger partial charge in [0.1, 0.15) is 5.78 Å². The number of ketones is 2. The molecule has 1 saturated carbocycles. The molecule has 1 aliphatic carbocycles. The molecule has 0 bridgehead atoms. The molecule has 5 nitrogen and oxygen atoms in total. The van der Waals surface area contributed by atoms with Gasteiger partial charge in [0.2, 0.25) is 0 Å². The Balaban J connectivity index is 1.39. The van der Waals surface area contributed by atoms with Crippen LogP contribution in [0.3, 0.4) is 0 Å². The zero-order valence-electron chi connectivity index (χ0n) is 18.2. The molecule has 0 spiro atoms. The molecule has 0 amide bonds. The topological polar surface area (TPSA) is 65.5 Å². The Morgan fingerprint density at radius 3 is 2.48 bits per heavy atom. The minimum Gasteiger partial charge on any atom is -0.395 e. The zero-order valence-corrected chi connectivity index (χ0v) is 18.2. The standard InChI is InChI=1S/C26H21F2NO4/c1-15-10-17(16(2)30)12-18(11-15)21-5-3-4-20(29-21)14-24(31)25(8-9-25)19-6-7-22-23(13-19)33-26(27,28)32-22/h3-7,10-13H,8-9,14H2,1-2H3. The van der Waals surface area contributed by atoms with Gasteiger partial charge in [-0.1, -0.05) is 12.1 Å². The molecule has 0 N–H and O–H groups in total. The van der Waals surface area contributed by atoms with Crippen molar-refractivity contribution >= 4 is 11.6 Å². The molecule has 2 aliphatic rings. The average molecular weight is 449 g/mol. The van der Waals surface area contributed by atoms with E-state index >= 15 is 0 Å². The van der Waals surface area contributed by atoms with E-state index in [0.29, 0.717) is 35.4 Å². The van der Waals surface area contributed by atoms with Gasteiger partial charge in [0.05, 0.1) is 11.1 Å². The number of carbonyl (C=O) groups is 2. The van der Waals surface area contributed by atoms with Crippen molar-refractivity contribution < 1.29 is 27.8 Å². The zero-order chi connectivity index (χ0) is 23.4. The number of alkyl halides is 2. The monoisotopic (exact) mass is 449 g/mol. The fourth-order valence-corrected chi connectivity index (χ4v) is 4.31. The lowest BCUT2D eigenvalue weighted by Gasteiger charge is -2.15. The molecule has 5 rings (SSSR count). The van der Waals surface area contributed by atoms with Crippen LogP contribution in [0.5, 0.6) is 11.5 Å². The van der Waals surface area contributed by atoms with Gasteiger partial charge in [0.25, 0.3) is 0 Å². The van der Waals surface area contributed by atoms with E-state index in [1.165, 1.54) is 19.1 Å². The first-order valence-electron chi connectivity index (χ1n) is 10.7. The molecule has 2 heterocycles. The van der Waals surface area contributed by atoms with Crippen LogP contribution in [-0.2, 0) is 16.6 Å². The van der Waals surface area contributed by atoms with Crippen molar-refractivity contribution in [2.45, 2.75) is 44.8 Å². The number of halogens is 2. The molecular formula is C26H21F2NO4. The fourth-order valence-electron chi connectivity index (χ4n) is 4.31. The quantitative estimate of drug-likeness (QED) is 0.470. The van der Waals surface area contributed by atoms with Crippen LogP contribution in [0.1, 0.15) is 46.9 Å². The molecular weight excluding hydrogens is 428 g/mol. The minimum absolute atomic E-state index is 0.0218. The van der Waals surface area contributed by atoms with E-state index in [1.54, 1.807) is 18.2 Å². The number of nitrogens with zero attached hydrogens (tertiary/aromatic N) is 1.